The summed E-state index contributed by atoms with van der Waals surface area (Å²) in [5, 5.41) is 10.1. The van der Waals surface area contributed by atoms with Crippen LogP contribution in [0.2, 0.25) is 0 Å². The van der Waals surface area contributed by atoms with E-state index in [2.05, 4.69) is 4.99 Å². The molecule has 0 aliphatic rings. The van der Waals surface area contributed by atoms with Gasteiger partial charge in [0.25, 0.3) is 0 Å². The molecule has 0 radical (unpaired) electrons. The van der Waals surface area contributed by atoms with E-state index in [1.165, 1.54) is 6.08 Å². The number of rotatable bonds is 6. The highest BCUT2D eigenvalue weighted by Crippen LogP contribution is 2.27. The van der Waals surface area contributed by atoms with E-state index in [1.54, 1.807) is 0 Å². The van der Waals surface area contributed by atoms with Crippen LogP contribution in [0.1, 0.15) is 40.0 Å². The lowest BCUT2D eigenvalue weighted by Gasteiger charge is -2.31. The third-order valence-electron chi connectivity index (χ3n) is 2.88. The van der Waals surface area contributed by atoms with Crippen LogP contribution in [-0.2, 0) is 4.79 Å². The summed E-state index contributed by atoms with van der Waals surface area (Å²) in [7, 11) is 0. The first-order valence-corrected chi connectivity index (χ1v) is 4.86. The summed E-state index contributed by atoms with van der Waals surface area (Å²) in [6, 6.07) is 0. The SMILES string of the molecule is CCC(O)(CC)C(C)CCN=C=O. The van der Waals surface area contributed by atoms with Crippen molar-refractivity contribution >= 4 is 6.08 Å². The second-order valence-electron chi connectivity index (χ2n) is 3.47. The summed E-state index contributed by atoms with van der Waals surface area (Å²) < 4.78 is 0. The Morgan fingerprint density at radius 1 is 1.46 bits per heavy atom. The molecule has 3 nitrogen and oxygen atoms in total. The van der Waals surface area contributed by atoms with Gasteiger partial charge in [-0.1, -0.05) is 20.8 Å². The Morgan fingerprint density at radius 2 is 2.00 bits per heavy atom. The van der Waals surface area contributed by atoms with E-state index >= 15 is 0 Å². The van der Waals surface area contributed by atoms with Crippen LogP contribution >= 0.6 is 0 Å². The molecule has 76 valence electrons. The lowest BCUT2D eigenvalue weighted by molar-refractivity contribution is -0.0210. The van der Waals surface area contributed by atoms with Crippen LogP contribution < -0.4 is 0 Å². The summed E-state index contributed by atoms with van der Waals surface area (Å²) in [5.74, 6) is 0.180. The average Bonchev–Trinajstić information content (AvgIpc) is 2.17. The molecule has 0 aromatic carbocycles. The number of hydrogen-bond acceptors (Lipinski definition) is 3. The first-order chi connectivity index (χ1) is 6.10. The zero-order chi connectivity index (χ0) is 10.3. The van der Waals surface area contributed by atoms with Crippen LogP contribution in [0.3, 0.4) is 0 Å². The van der Waals surface area contributed by atoms with E-state index in [4.69, 9.17) is 0 Å². The molecule has 0 aliphatic carbocycles. The number of hydrogen-bond donors (Lipinski definition) is 1. The van der Waals surface area contributed by atoms with Gasteiger partial charge in [-0.25, -0.2) is 9.79 Å². The minimum absolute atomic E-state index is 0.180. The van der Waals surface area contributed by atoms with E-state index in [0.29, 0.717) is 6.54 Å². The van der Waals surface area contributed by atoms with E-state index < -0.39 is 5.60 Å². The Hall–Kier alpha value is -0.660. The van der Waals surface area contributed by atoms with Crippen molar-refractivity contribution in [3.63, 3.8) is 0 Å². The van der Waals surface area contributed by atoms with Crippen LogP contribution in [0.25, 0.3) is 0 Å². The van der Waals surface area contributed by atoms with Gasteiger partial charge in [-0.15, -0.1) is 0 Å². The fourth-order valence-corrected chi connectivity index (χ4v) is 1.52. The molecule has 0 amide bonds. The van der Waals surface area contributed by atoms with Crippen LogP contribution in [0, 0.1) is 5.92 Å². The smallest absolute Gasteiger partial charge is 0.234 e. The fraction of sp³-hybridized carbons (Fsp3) is 0.900. The normalized spacial score (nSPS) is 13.5. The maximum atomic E-state index is 10.1. The standard InChI is InChI=1S/C10H19NO2/c1-4-10(13,5-2)9(3)6-7-11-8-12/h9,13H,4-7H2,1-3H3. The maximum Gasteiger partial charge on any atom is 0.234 e. The maximum absolute atomic E-state index is 10.1. The highest BCUT2D eigenvalue weighted by molar-refractivity contribution is 5.32. The van der Waals surface area contributed by atoms with Gasteiger partial charge in [0, 0.05) is 0 Å². The average molecular weight is 185 g/mol. The van der Waals surface area contributed by atoms with Crippen molar-refractivity contribution < 1.29 is 9.90 Å². The highest BCUT2D eigenvalue weighted by atomic mass is 16.3. The van der Waals surface area contributed by atoms with Gasteiger partial charge in [0.2, 0.25) is 6.08 Å². The molecule has 0 rings (SSSR count). The van der Waals surface area contributed by atoms with Gasteiger partial charge in [-0.2, -0.15) is 0 Å². The predicted octanol–water partition coefficient (Wildman–Crippen LogP) is 1.90. The predicted molar refractivity (Wildman–Crippen MR) is 52.3 cm³/mol. The molecule has 3 heteroatoms. The topological polar surface area (TPSA) is 49.7 Å². The van der Waals surface area contributed by atoms with Crippen LogP contribution in [0.4, 0.5) is 0 Å². The molecule has 13 heavy (non-hydrogen) atoms. The lowest BCUT2D eigenvalue weighted by Crippen LogP contribution is -2.35. The minimum Gasteiger partial charge on any atom is -0.390 e. The third kappa shape index (κ3) is 3.71. The fourth-order valence-electron chi connectivity index (χ4n) is 1.52. The summed E-state index contributed by atoms with van der Waals surface area (Å²) in [4.78, 5) is 13.3. The van der Waals surface area contributed by atoms with Crippen molar-refractivity contribution in [2.24, 2.45) is 10.9 Å². The lowest BCUT2D eigenvalue weighted by atomic mass is 9.82. The van der Waals surface area contributed by atoms with Gasteiger partial charge in [0.1, 0.15) is 0 Å². The molecule has 0 bridgehead atoms. The van der Waals surface area contributed by atoms with Gasteiger partial charge in [-0.05, 0) is 25.2 Å². The molecule has 0 saturated carbocycles. The van der Waals surface area contributed by atoms with Crippen molar-refractivity contribution in [3.05, 3.63) is 0 Å². The van der Waals surface area contributed by atoms with Crippen LogP contribution in [-0.4, -0.2) is 23.3 Å². The van der Waals surface area contributed by atoms with E-state index in [1.807, 2.05) is 20.8 Å². The molecule has 0 aliphatic heterocycles. The molecule has 0 heterocycles. The quantitative estimate of drug-likeness (QED) is 0.507. The van der Waals surface area contributed by atoms with Crippen molar-refractivity contribution in [3.8, 4) is 0 Å². The minimum atomic E-state index is -0.599. The van der Waals surface area contributed by atoms with E-state index in [0.717, 1.165) is 19.3 Å². The number of carbonyl (C=O) groups excluding carboxylic acids is 1. The molecule has 1 atom stereocenters. The van der Waals surface area contributed by atoms with Crippen molar-refractivity contribution in [2.45, 2.75) is 45.6 Å². The van der Waals surface area contributed by atoms with E-state index in [9.17, 15) is 9.90 Å². The summed E-state index contributed by atoms with van der Waals surface area (Å²) >= 11 is 0. The monoisotopic (exact) mass is 185 g/mol. The molecule has 1 N–H and O–H groups in total. The number of isocyanates is 1. The van der Waals surface area contributed by atoms with Crippen molar-refractivity contribution in [1.29, 1.82) is 0 Å². The molecule has 0 spiro atoms. The Balaban J connectivity index is 4.05. The molecule has 0 aromatic heterocycles. The first-order valence-electron chi connectivity index (χ1n) is 4.86. The Labute approximate surface area is 79.9 Å². The Bertz CT molecular complexity index is 181. The molecule has 1 unspecified atom stereocenters. The summed E-state index contributed by atoms with van der Waals surface area (Å²) in [5.41, 5.74) is -0.599. The largest absolute Gasteiger partial charge is 0.390 e. The van der Waals surface area contributed by atoms with Gasteiger partial charge >= 0.3 is 0 Å². The van der Waals surface area contributed by atoms with Gasteiger partial charge in [0.15, 0.2) is 0 Å². The van der Waals surface area contributed by atoms with Gasteiger partial charge in [0.05, 0.1) is 12.1 Å². The Morgan fingerprint density at radius 3 is 2.38 bits per heavy atom. The molecular formula is C10H19NO2. The first kappa shape index (κ1) is 12.3. The second kappa shape index (κ2) is 5.90. The summed E-state index contributed by atoms with van der Waals surface area (Å²) in [6.07, 6.45) is 3.74. The number of nitrogens with zero attached hydrogens (tertiary/aromatic N) is 1. The zero-order valence-corrected chi connectivity index (χ0v) is 8.71. The van der Waals surface area contributed by atoms with Crippen LogP contribution in [0.5, 0.6) is 0 Å². The molecule has 0 saturated heterocycles. The van der Waals surface area contributed by atoms with E-state index in [-0.39, 0.29) is 5.92 Å². The highest BCUT2D eigenvalue weighted by Gasteiger charge is 2.28. The third-order valence-corrected chi connectivity index (χ3v) is 2.88. The number of aliphatic hydroxyl groups is 1. The van der Waals surface area contributed by atoms with Gasteiger partial charge in [-0.3, -0.25) is 0 Å². The van der Waals surface area contributed by atoms with Crippen LogP contribution in [0.15, 0.2) is 4.99 Å². The van der Waals surface area contributed by atoms with Gasteiger partial charge < -0.3 is 5.11 Å². The number of aliphatic imine (C=N–C) groups is 1. The second-order valence-corrected chi connectivity index (χ2v) is 3.47. The Kier molecular flexibility index (Phi) is 5.60. The molecule has 0 aromatic rings. The van der Waals surface area contributed by atoms with Crippen molar-refractivity contribution in [2.75, 3.05) is 6.54 Å². The van der Waals surface area contributed by atoms with Crippen molar-refractivity contribution in [1.82, 2.24) is 0 Å². The summed E-state index contributed by atoms with van der Waals surface area (Å²) in [6.45, 7) is 6.41. The molecule has 0 fully saturated rings. The molecular weight excluding hydrogens is 166 g/mol. The zero-order valence-electron chi connectivity index (χ0n) is 8.71.